The predicted molar refractivity (Wildman–Crippen MR) is 98.6 cm³/mol. The highest BCUT2D eigenvalue weighted by atomic mass is 16.5. The molecule has 0 fully saturated rings. The molecule has 0 aliphatic carbocycles. The second-order valence-corrected chi connectivity index (χ2v) is 5.92. The first-order valence-corrected chi connectivity index (χ1v) is 8.09. The Labute approximate surface area is 142 Å². The van der Waals surface area contributed by atoms with Gasteiger partial charge in [0.2, 0.25) is 0 Å². The van der Waals surface area contributed by atoms with Gasteiger partial charge in [0.15, 0.2) is 0 Å². The van der Waals surface area contributed by atoms with E-state index in [-0.39, 0.29) is 0 Å². The molecule has 0 saturated heterocycles. The molecule has 0 aliphatic rings. The fraction of sp³-hybridized carbons (Fsp3) is 0.136. The Kier molecular flexibility index (Phi) is 5.07. The van der Waals surface area contributed by atoms with E-state index in [1.807, 2.05) is 12.1 Å². The van der Waals surface area contributed by atoms with Crippen molar-refractivity contribution < 1.29 is 9.53 Å². The molecular formula is C22H20O2. The maximum atomic E-state index is 10.6. The summed E-state index contributed by atoms with van der Waals surface area (Å²) in [6.45, 7) is 2.55. The largest absolute Gasteiger partial charge is 0.436 e. The van der Waals surface area contributed by atoms with Crippen LogP contribution in [0.4, 0.5) is 0 Å². The number of allylic oxidation sites excluding steroid dienone is 1. The molecule has 0 bridgehead atoms. The van der Waals surface area contributed by atoms with Crippen LogP contribution in [-0.2, 0) is 16.0 Å². The maximum Gasteiger partial charge on any atom is 0.297 e. The van der Waals surface area contributed by atoms with Gasteiger partial charge >= 0.3 is 0 Å². The minimum atomic E-state index is 0.465. The van der Waals surface area contributed by atoms with E-state index in [0.29, 0.717) is 6.47 Å². The van der Waals surface area contributed by atoms with Gasteiger partial charge in [0.1, 0.15) is 0 Å². The Morgan fingerprint density at radius 2 is 1.71 bits per heavy atom. The molecule has 0 spiro atoms. The molecule has 0 N–H and O–H groups in total. The van der Waals surface area contributed by atoms with Gasteiger partial charge in [-0.3, -0.25) is 4.79 Å². The van der Waals surface area contributed by atoms with Crippen LogP contribution in [0.2, 0.25) is 0 Å². The molecule has 0 unspecified atom stereocenters. The lowest BCUT2D eigenvalue weighted by atomic mass is 9.97. The molecule has 0 aliphatic heterocycles. The van der Waals surface area contributed by atoms with Gasteiger partial charge in [-0.1, -0.05) is 66.2 Å². The van der Waals surface area contributed by atoms with Crippen molar-refractivity contribution in [3.63, 3.8) is 0 Å². The molecular weight excluding hydrogens is 296 g/mol. The van der Waals surface area contributed by atoms with Crippen molar-refractivity contribution >= 4 is 22.8 Å². The van der Waals surface area contributed by atoms with Gasteiger partial charge in [-0.15, -0.1) is 0 Å². The third kappa shape index (κ3) is 3.90. The molecule has 3 aromatic carbocycles. The molecule has 120 valence electrons. The number of benzene rings is 3. The van der Waals surface area contributed by atoms with Gasteiger partial charge in [-0.25, -0.2) is 0 Å². The summed E-state index contributed by atoms with van der Waals surface area (Å²) in [5, 5.41) is 2.39. The molecule has 24 heavy (non-hydrogen) atoms. The van der Waals surface area contributed by atoms with Crippen molar-refractivity contribution in [1.29, 1.82) is 0 Å². The molecule has 0 aromatic heterocycles. The van der Waals surface area contributed by atoms with Gasteiger partial charge in [-0.2, -0.15) is 0 Å². The van der Waals surface area contributed by atoms with E-state index in [9.17, 15) is 4.79 Å². The van der Waals surface area contributed by atoms with Gasteiger partial charge in [0, 0.05) is 0 Å². The number of rotatable bonds is 6. The van der Waals surface area contributed by atoms with Gasteiger partial charge in [0.05, 0.1) is 6.26 Å². The average molecular weight is 316 g/mol. The lowest BCUT2D eigenvalue weighted by molar-refractivity contribution is -0.123. The van der Waals surface area contributed by atoms with Crippen LogP contribution in [0.1, 0.15) is 23.1 Å². The van der Waals surface area contributed by atoms with Crippen LogP contribution in [0, 0.1) is 6.92 Å². The van der Waals surface area contributed by atoms with Gasteiger partial charge in [0.25, 0.3) is 6.47 Å². The van der Waals surface area contributed by atoms with E-state index in [0.717, 1.165) is 24.0 Å². The summed E-state index contributed by atoms with van der Waals surface area (Å²) in [6.07, 6.45) is 3.28. The Morgan fingerprint density at radius 1 is 0.958 bits per heavy atom. The normalized spacial score (nSPS) is 11.5. The van der Waals surface area contributed by atoms with Crippen molar-refractivity contribution in [3.8, 4) is 0 Å². The van der Waals surface area contributed by atoms with Crippen LogP contribution in [0.3, 0.4) is 0 Å². The highest BCUT2D eigenvalue weighted by Gasteiger charge is 2.05. The van der Waals surface area contributed by atoms with Crippen molar-refractivity contribution in [1.82, 2.24) is 0 Å². The first kappa shape index (κ1) is 16.0. The molecule has 0 radical (unpaired) electrons. The van der Waals surface area contributed by atoms with Crippen LogP contribution < -0.4 is 0 Å². The fourth-order valence-electron chi connectivity index (χ4n) is 2.80. The molecule has 0 saturated carbocycles. The molecule has 0 amide bonds. The molecule has 0 heterocycles. The third-order valence-electron chi connectivity index (χ3n) is 4.19. The quantitative estimate of drug-likeness (QED) is 0.456. The Hall–Kier alpha value is -2.87. The molecule has 2 heteroatoms. The number of ether oxygens (including phenoxy) is 1. The van der Waals surface area contributed by atoms with E-state index in [1.165, 1.54) is 21.9 Å². The summed E-state index contributed by atoms with van der Waals surface area (Å²) in [4.78, 5) is 10.6. The summed E-state index contributed by atoms with van der Waals surface area (Å²) in [5.74, 6) is 0. The SMILES string of the molecule is Cc1ccc(CC/C(=C\OC=O)c2ccc3ccccc3c2)cc1. The van der Waals surface area contributed by atoms with Crippen molar-refractivity contribution in [2.75, 3.05) is 0 Å². The lowest BCUT2D eigenvalue weighted by Gasteiger charge is -2.09. The minimum absolute atomic E-state index is 0.465. The van der Waals surface area contributed by atoms with E-state index >= 15 is 0 Å². The minimum Gasteiger partial charge on any atom is -0.436 e. The molecule has 3 rings (SSSR count). The number of carbonyl (C=O) groups is 1. The van der Waals surface area contributed by atoms with Crippen LogP contribution in [-0.4, -0.2) is 6.47 Å². The van der Waals surface area contributed by atoms with Crippen molar-refractivity contribution in [2.45, 2.75) is 19.8 Å². The lowest BCUT2D eigenvalue weighted by Crippen LogP contribution is -1.92. The maximum absolute atomic E-state index is 10.6. The van der Waals surface area contributed by atoms with Crippen LogP contribution in [0.15, 0.2) is 73.0 Å². The van der Waals surface area contributed by atoms with Crippen LogP contribution >= 0.6 is 0 Å². The van der Waals surface area contributed by atoms with E-state index in [4.69, 9.17) is 4.74 Å². The molecule has 3 aromatic rings. The topological polar surface area (TPSA) is 26.3 Å². The first-order valence-electron chi connectivity index (χ1n) is 8.09. The van der Waals surface area contributed by atoms with Gasteiger partial charge in [-0.05, 0) is 53.3 Å². The summed E-state index contributed by atoms with van der Waals surface area (Å²) in [7, 11) is 0. The molecule has 0 atom stereocenters. The van der Waals surface area contributed by atoms with Crippen molar-refractivity contribution in [2.24, 2.45) is 0 Å². The second kappa shape index (κ2) is 7.60. The Bertz CT molecular complexity index is 861. The summed E-state index contributed by atoms with van der Waals surface area (Å²) < 4.78 is 4.93. The number of hydrogen-bond donors (Lipinski definition) is 0. The third-order valence-corrected chi connectivity index (χ3v) is 4.19. The monoisotopic (exact) mass is 316 g/mol. The average Bonchev–Trinajstić information content (AvgIpc) is 2.63. The van der Waals surface area contributed by atoms with Gasteiger partial charge < -0.3 is 4.74 Å². The summed E-state index contributed by atoms with van der Waals surface area (Å²) in [5.41, 5.74) is 4.64. The fourth-order valence-corrected chi connectivity index (χ4v) is 2.80. The smallest absolute Gasteiger partial charge is 0.297 e. The number of carbonyl (C=O) groups excluding carboxylic acids is 1. The predicted octanol–water partition coefficient (Wildman–Crippen LogP) is 5.29. The second-order valence-electron chi connectivity index (χ2n) is 5.92. The Balaban J connectivity index is 1.84. The Morgan fingerprint density at radius 3 is 2.46 bits per heavy atom. The number of aryl methyl sites for hydroxylation is 2. The number of fused-ring (bicyclic) bond motifs is 1. The molecule has 2 nitrogen and oxygen atoms in total. The van der Waals surface area contributed by atoms with Crippen molar-refractivity contribution in [3.05, 3.63) is 89.7 Å². The standard InChI is InChI=1S/C22H20O2/c1-17-6-8-18(9-7-17)10-11-22(15-24-16-23)21-13-12-19-4-2-3-5-20(19)14-21/h2-9,12-16H,10-11H2,1H3/b22-15+. The zero-order valence-corrected chi connectivity index (χ0v) is 13.7. The van der Waals surface area contributed by atoms with E-state index in [1.54, 1.807) is 6.26 Å². The summed E-state index contributed by atoms with van der Waals surface area (Å²) >= 11 is 0. The van der Waals surface area contributed by atoms with Crippen LogP contribution in [0.5, 0.6) is 0 Å². The van der Waals surface area contributed by atoms with E-state index in [2.05, 4.69) is 61.5 Å². The number of hydrogen-bond acceptors (Lipinski definition) is 2. The van der Waals surface area contributed by atoms with Crippen LogP contribution in [0.25, 0.3) is 16.3 Å². The first-order chi connectivity index (χ1) is 11.8. The highest BCUT2D eigenvalue weighted by Crippen LogP contribution is 2.25. The zero-order valence-electron chi connectivity index (χ0n) is 13.7. The highest BCUT2D eigenvalue weighted by molar-refractivity contribution is 5.86. The zero-order chi connectivity index (χ0) is 16.8. The summed E-state index contributed by atoms with van der Waals surface area (Å²) in [6, 6.07) is 23.1. The van der Waals surface area contributed by atoms with E-state index < -0.39 is 0 Å².